The first-order valence-electron chi connectivity index (χ1n) is 15.0. The second kappa shape index (κ2) is 12.3. The number of alkyl halides is 6. The molecule has 0 amide bonds. The van der Waals surface area contributed by atoms with Gasteiger partial charge in [-0.3, -0.25) is 23.8 Å². The summed E-state index contributed by atoms with van der Waals surface area (Å²) < 4.78 is 109. The standard InChI is InChI=1S/C32H30F7N5O4/c1-18-4-2-7-24(41-18)23(40)16-44-28(45)27-25(43(29(44)46)15-20-21(31(34,35)36)5-3-6-22(20)33)17-47-30(27)10-12-42(13-11-30)14-19-8-9-26(48-19)32(37,38)39/h2-9,23H,10-17,40H2,1H3. The minimum atomic E-state index is -4.93. The molecule has 2 N–H and O–H groups in total. The lowest BCUT2D eigenvalue weighted by Crippen LogP contribution is -2.49. The van der Waals surface area contributed by atoms with E-state index in [4.69, 9.17) is 14.9 Å². The molecule has 0 aliphatic carbocycles. The number of aryl methyl sites for hydroxylation is 1. The number of piperidine rings is 1. The third kappa shape index (κ3) is 6.31. The molecule has 2 aliphatic rings. The Morgan fingerprint density at radius 2 is 1.65 bits per heavy atom. The first-order chi connectivity index (χ1) is 22.6. The van der Waals surface area contributed by atoms with Crippen molar-refractivity contribution in [2.45, 2.75) is 70.0 Å². The highest BCUT2D eigenvalue weighted by molar-refractivity contribution is 5.35. The molecule has 1 spiro atoms. The Kier molecular flexibility index (Phi) is 8.62. The number of aromatic nitrogens is 3. The van der Waals surface area contributed by atoms with Gasteiger partial charge in [-0.05, 0) is 56.2 Å². The highest BCUT2D eigenvalue weighted by Gasteiger charge is 2.47. The fraction of sp³-hybridized carbons (Fsp3) is 0.406. The third-order valence-corrected chi connectivity index (χ3v) is 8.87. The van der Waals surface area contributed by atoms with Crippen LogP contribution in [0.3, 0.4) is 0 Å². The van der Waals surface area contributed by atoms with Crippen LogP contribution in [0.4, 0.5) is 30.7 Å². The Morgan fingerprint density at radius 1 is 0.938 bits per heavy atom. The van der Waals surface area contributed by atoms with E-state index in [1.54, 1.807) is 25.1 Å². The van der Waals surface area contributed by atoms with Gasteiger partial charge in [-0.15, -0.1) is 0 Å². The van der Waals surface area contributed by atoms with Crippen LogP contribution in [0.1, 0.15) is 64.2 Å². The number of hydrogen-bond donors (Lipinski definition) is 1. The second-order valence-corrected chi connectivity index (χ2v) is 12.0. The molecule has 0 saturated carbocycles. The quantitative estimate of drug-likeness (QED) is 0.266. The van der Waals surface area contributed by atoms with Crippen LogP contribution in [-0.2, 0) is 48.9 Å². The van der Waals surface area contributed by atoms with Crippen LogP contribution < -0.4 is 17.0 Å². The van der Waals surface area contributed by atoms with E-state index in [0.29, 0.717) is 17.5 Å². The molecular formula is C32H30F7N5O4. The van der Waals surface area contributed by atoms with Crippen molar-refractivity contribution >= 4 is 0 Å². The number of likely N-dealkylation sites (tertiary alicyclic amines) is 1. The van der Waals surface area contributed by atoms with Crippen molar-refractivity contribution in [3.8, 4) is 0 Å². The normalized spacial score (nSPS) is 17.2. The molecule has 16 heteroatoms. The van der Waals surface area contributed by atoms with Gasteiger partial charge in [0.1, 0.15) is 17.2 Å². The van der Waals surface area contributed by atoms with Gasteiger partial charge < -0.3 is 14.9 Å². The third-order valence-electron chi connectivity index (χ3n) is 8.87. The molecule has 1 unspecified atom stereocenters. The van der Waals surface area contributed by atoms with Crippen LogP contribution in [-0.4, -0.2) is 32.1 Å². The Balaban J connectivity index is 1.39. The maximum absolute atomic E-state index is 15.0. The van der Waals surface area contributed by atoms with Gasteiger partial charge in [-0.1, -0.05) is 12.1 Å². The zero-order valence-corrected chi connectivity index (χ0v) is 25.5. The number of hydrogen-bond acceptors (Lipinski definition) is 7. The van der Waals surface area contributed by atoms with Crippen LogP contribution in [0, 0.1) is 12.7 Å². The lowest BCUT2D eigenvalue weighted by molar-refractivity contribution is -0.153. The largest absolute Gasteiger partial charge is 0.455 e. The summed E-state index contributed by atoms with van der Waals surface area (Å²) in [6, 6.07) is 8.64. The van der Waals surface area contributed by atoms with Crippen LogP contribution in [0.15, 0.2) is 62.5 Å². The van der Waals surface area contributed by atoms with E-state index in [-0.39, 0.29) is 62.6 Å². The summed E-state index contributed by atoms with van der Waals surface area (Å²) in [5.41, 5.74) is 2.39. The average Bonchev–Trinajstić information content (AvgIpc) is 3.64. The Hall–Kier alpha value is -4.28. The van der Waals surface area contributed by atoms with Gasteiger partial charge in [0, 0.05) is 24.3 Å². The number of furan rings is 1. The molecule has 1 saturated heterocycles. The van der Waals surface area contributed by atoms with Crippen LogP contribution in [0.5, 0.6) is 0 Å². The zero-order valence-electron chi connectivity index (χ0n) is 25.5. The van der Waals surface area contributed by atoms with E-state index in [1.807, 2.05) is 4.90 Å². The Bertz CT molecular complexity index is 1960. The number of ether oxygens (including phenoxy) is 1. The molecule has 6 rings (SSSR count). The minimum Gasteiger partial charge on any atom is -0.455 e. The highest BCUT2D eigenvalue weighted by atomic mass is 19.4. The number of nitrogens with two attached hydrogens (primary N) is 1. The molecule has 48 heavy (non-hydrogen) atoms. The first-order valence-corrected chi connectivity index (χ1v) is 15.0. The van der Waals surface area contributed by atoms with Crippen molar-refractivity contribution in [1.82, 2.24) is 19.0 Å². The predicted molar refractivity (Wildman–Crippen MR) is 156 cm³/mol. The van der Waals surface area contributed by atoms with Gasteiger partial charge in [0.15, 0.2) is 0 Å². The van der Waals surface area contributed by atoms with Gasteiger partial charge in [-0.25, -0.2) is 9.18 Å². The summed E-state index contributed by atoms with van der Waals surface area (Å²) in [5, 5.41) is 0. The van der Waals surface area contributed by atoms with Crippen LogP contribution >= 0.6 is 0 Å². The summed E-state index contributed by atoms with van der Waals surface area (Å²) >= 11 is 0. The van der Waals surface area contributed by atoms with E-state index < -0.39 is 64.5 Å². The highest BCUT2D eigenvalue weighted by Crippen LogP contribution is 2.43. The van der Waals surface area contributed by atoms with Crippen molar-refractivity contribution in [1.29, 1.82) is 0 Å². The predicted octanol–water partition coefficient (Wildman–Crippen LogP) is 5.25. The number of fused-ring (bicyclic) bond motifs is 2. The monoisotopic (exact) mass is 681 g/mol. The van der Waals surface area contributed by atoms with Gasteiger partial charge >= 0.3 is 18.0 Å². The molecule has 9 nitrogen and oxygen atoms in total. The van der Waals surface area contributed by atoms with Crippen molar-refractivity contribution in [3.05, 3.63) is 120 Å². The van der Waals surface area contributed by atoms with Crippen molar-refractivity contribution in [2.24, 2.45) is 5.73 Å². The van der Waals surface area contributed by atoms with Crippen LogP contribution in [0.25, 0.3) is 0 Å². The van der Waals surface area contributed by atoms with E-state index in [1.165, 1.54) is 6.07 Å². The number of pyridine rings is 1. The van der Waals surface area contributed by atoms with Crippen molar-refractivity contribution < 1.29 is 39.9 Å². The molecule has 256 valence electrons. The first kappa shape index (κ1) is 33.6. The molecule has 2 aliphatic heterocycles. The van der Waals surface area contributed by atoms with E-state index >= 15 is 4.39 Å². The molecule has 1 atom stereocenters. The smallest absolute Gasteiger partial charge is 0.449 e. The molecule has 1 aromatic carbocycles. The molecule has 0 radical (unpaired) electrons. The Labute approximate surface area is 268 Å². The summed E-state index contributed by atoms with van der Waals surface area (Å²) in [6.45, 7) is 0.742. The number of nitrogens with zero attached hydrogens (tertiary/aromatic N) is 4. The van der Waals surface area contributed by atoms with E-state index in [2.05, 4.69) is 4.98 Å². The van der Waals surface area contributed by atoms with Crippen molar-refractivity contribution in [2.75, 3.05) is 13.1 Å². The fourth-order valence-corrected chi connectivity index (χ4v) is 6.46. The lowest BCUT2D eigenvalue weighted by atomic mass is 9.85. The molecule has 1 fully saturated rings. The van der Waals surface area contributed by atoms with Gasteiger partial charge in [0.2, 0.25) is 5.76 Å². The number of benzene rings is 1. The summed E-state index contributed by atoms with van der Waals surface area (Å²) in [5.74, 6) is -2.22. The molecular weight excluding hydrogens is 651 g/mol. The number of halogens is 7. The maximum Gasteiger partial charge on any atom is 0.449 e. The van der Waals surface area contributed by atoms with Gasteiger partial charge in [-0.2, -0.15) is 26.3 Å². The van der Waals surface area contributed by atoms with Gasteiger partial charge in [0.25, 0.3) is 5.56 Å². The summed E-state index contributed by atoms with van der Waals surface area (Å²) in [4.78, 5) is 34.3. The zero-order chi connectivity index (χ0) is 34.6. The maximum atomic E-state index is 15.0. The van der Waals surface area contributed by atoms with E-state index in [9.17, 15) is 35.9 Å². The molecule has 4 aromatic rings. The fourth-order valence-electron chi connectivity index (χ4n) is 6.46. The average molecular weight is 682 g/mol. The lowest BCUT2D eigenvalue weighted by Gasteiger charge is -2.38. The summed E-state index contributed by atoms with van der Waals surface area (Å²) in [6.07, 6.45) is -9.24. The van der Waals surface area contributed by atoms with Crippen LogP contribution in [0.2, 0.25) is 0 Å². The molecule has 0 bridgehead atoms. The molecule has 3 aromatic heterocycles. The topological polar surface area (TPSA) is 109 Å². The number of rotatable bonds is 7. The van der Waals surface area contributed by atoms with Crippen molar-refractivity contribution in [3.63, 3.8) is 0 Å². The minimum absolute atomic E-state index is 0.0224. The molecule has 5 heterocycles. The SMILES string of the molecule is Cc1cccc(C(N)Cn2c(=O)c3c(n(Cc4c(F)cccc4C(F)(F)F)c2=O)COC32CCN(Cc3ccc(C(F)(F)F)o3)CC2)n1. The van der Waals surface area contributed by atoms with Gasteiger partial charge in [0.05, 0.1) is 54.8 Å². The summed E-state index contributed by atoms with van der Waals surface area (Å²) in [7, 11) is 0. The van der Waals surface area contributed by atoms with E-state index in [0.717, 1.165) is 27.3 Å². The Morgan fingerprint density at radius 3 is 2.29 bits per heavy atom. The second-order valence-electron chi connectivity index (χ2n) is 12.0.